The van der Waals surface area contributed by atoms with E-state index in [1.165, 1.54) is 4.31 Å². The minimum atomic E-state index is -4.00. The van der Waals surface area contributed by atoms with Crippen molar-refractivity contribution < 1.29 is 17.9 Å². The van der Waals surface area contributed by atoms with E-state index in [2.05, 4.69) is 24.3 Å². The van der Waals surface area contributed by atoms with Gasteiger partial charge in [-0.25, -0.2) is 8.42 Å². The van der Waals surface area contributed by atoms with Gasteiger partial charge in [-0.1, -0.05) is 26.0 Å². The Kier molecular flexibility index (Phi) is 7.06. The zero-order chi connectivity index (χ0) is 22.8. The lowest BCUT2D eigenvalue weighted by Crippen LogP contribution is -2.43. The summed E-state index contributed by atoms with van der Waals surface area (Å²) in [5, 5.41) is 7.07. The molecule has 170 valence electrons. The molecule has 0 spiro atoms. The maximum Gasteiger partial charge on any atom is 0.268 e. The molecule has 3 rings (SSSR count). The van der Waals surface area contributed by atoms with E-state index in [9.17, 15) is 13.2 Å². The summed E-state index contributed by atoms with van der Waals surface area (Å²) in [5.74, 6) is -0.0529. The molecule has 1 atom stereocenters. The van der Waals surface area contributed by atoms with Gasteiger partial charge in [0, 0.05) is 20.2 Å². The fraction of sp³-hybridized carbons (Fsp3) is 0.545. The van der Waals surface area contributed by atoms with E-state index in [0.29, 0.717) is 36.1 Å². The highest BCUT2D eigenvalue weighted by atomic mass is 32.2. The molecule has 1 aromatic heterocycles. The van der Waals surface area contributed by atoms with E-state index in [1.54, 1.807) is 37.7 Å². The monoisotopic (exact) mass is 448 g/mol. The van der Waals surface area contributed by atoms with E-state index in [-0.39, 0.29) is 23.5 Å². The van der Waals surface area contributed by atoms with E-state index in [0.717, 1.165) is 18.4 Å². The quantitative estimate of drug-likeness (QED) is 0.670. The lowest BCUT2D eigenvalue weighted by Gasteiger charge is -2.25. The lowest BCUT2D eigenvalue weighted by atomic mass is 10.0. The van der Waals surface area contributed by atoms with Gasteiger partial charge in [-0.3, -0.25) is 13.8 Å². The molecule has 31 heavy (non-hydrogen) atoms. The number of carbonyl (C=O) groups is 1. The second kappa shape index (κ2) is 9.40. The van der Waals surface area contributed by atoms with Crippen molar-refractivity contribution in [2.75, 3.05) is 24.0 Å². The normalized spacial score (nSPS) is 16.6. The highest BCUT2D eigenvalue weighted by Gasteiger charge is 2.32. The number of hydrogen-bond acceptors (Lipinski definition) is 5. The fourth-order valence-corrected chi connectivity index (χ4v) is 5.62. The molecular formula is C22H32N4O4S. The third kappa shape index (κ3) is 5.10. The first-order valence-corrected chi connectivity index (χ1v) is 12.1. The number of aromatic nitrogens is 2. The zero-order valence-electron chi connectivity index (χ0n) is 18.9. The Morgan fingerprint density at radius 1 is 1.29 bits per heavy atom. The van der Waals surface area contributed by atoms with Crippen molar-refractivity contribution >= 4 is 21.6 Å². The lowest BCUT2D eigenvalue weighted by molar-refractivity contribution is -0.120. The second-order valence-corrected chi connectivity index (χ2v) is 10.1. The summed E-state index contributed by atoms with van der Waals surface area (Å²) in [6.07, 6.45) is 1.86. The summed E-state index contributed by atoms with van der Waals surface area (Å²) >= 11 is 0. The van der Waals surface area contributed by atoms with Crippen molar-refractivity contribution in [2.24, 2.45) is 7.05 Å². The third-order valence-corrected chi connectivity index (χ3v) is 7.70. The number of benzene rings is 1. The minimum absolute atomic E-state index is 0.0119. The predicted octanol–water partition coefficient (Wildman–Crippen LogP) is 2.65. The van der Waals surface area contributed by atoms with Crippen LogP contribution in [0.25, 0.3) is 0 Å². The first kappa shape index (κ1) is 23.3. The number of ether oxygens (including phenoxy) is 1. The summed E-state index contributed by atoms with van der Waals surface area (Å²) in [6.45, 7) is 8.29. The van der Waals surface area contributed by atoms with Gasteiger partial charge in [0.25, 0.3) is 10.0 Å². The standard InChI is InChI=1S/C22H32N4O4S/c1-15(2)18-8-10-19(11-9-18)26(14-21(27)23-13-20-7-6-12-30-20)31(28,29)22-16(3)24-25(5)17(22)4/h8-11,15,20H,6-7,12-14H2,1-5H3,(H,23,27)/t20-/m1/s1. The van der Waals surface area contributed by atoms with Crippen LogP contribution in [0, 0.1) is 13.8 Å². The van der Waals surface area contributed by atoms with Gasteiger partial charge in [-0.15, -0.1) is 0 Å². The number of aryl methyl sites for hydroxylation is 2. The Labute approximate surface area is 184 Å². The van der Waals surface area contributed by atoms with Crippen molar-refractivity contribution in [3.8, 4) is 0 Å². The molecule has 1 saturated heterocycles. The number of nitrogens with one attached hydrogen (secondary N) is 1. The van der Waals surface area contributed by atoms with Crippen LogP contribution in [0.5, 0.6) is 0 Å². The molecule has 0 unspecified atom stereocenters. The largest absolute Gasteiger partial charge is 0.376 e. The molecule has 0 bridgehead atoms. The van der Waals surface area contributed by atoms with Gasteiger partial charge in [0.2, 0.25) is 5.91 Å². The fourth-order valence-electron chi connectivity index (χ4n) is 3.80. The van der Waals surface area contributed by atoms with Crippen LogP contribution in [0.15, 0.2) is 29.2 Å². The summed E-state index contributed by atoms with van der Waals surface area (Å²) in [7, 11) is -2.30. The van der Waals surface area contributed by atoms with E-state index in [4.69, 9.17) is 4.74 Å². The molecule has 2 aromatic rings. The summed E-state index contributed by atoms with van der Waals surface area (Å²) in [5.41, 5.74) is 2.47. The minimum Gasteiger partial charge on any atom is -0.376 e. The number of carbonyl (C=O) groups excluding carboxylic acids is 1. The number of sulfonamides is 1. The number of anilines is 1. The smallest absolute Gasteiger partial charge is 0.268 e. The number of hydrogen-bond donors (Lipinski definition) is 1. The summed E-state index contributed by atoms with van der Waals surface area (Å²) < 4.78 is 35.6. The van der Waals surface area contributed by atoms with Crippen molar-refractivity contribution in [1.82, 2.24) is 15.1 Å². The molecule has 9 heteroatoms. The number of rotatable bonds is 8. The Balaban J connectivity index is 1.92. The molecular weight excluding hydrogens is 416 g/mol. The molecule has 1 fully saturated rings. The van der Waals surface area contributed by atoms with Gasteiger partial charge in [0.15, 0.2) is 0 Å². The summed E-state index contributed by atoms with van der Waals surface area (Å²) in [4.78, 5) is 12.9. The topological polar surface area (TPSA) is 93.5 Å². The molecule has 8 nitrogen and oxygen atoms in total. The van der Waals surface area contributed by atoms with Gasteiger partial charge in [0.05, 0.1) is 23.2 Å². The van der Waals surface area contributed by atoms with Crippen LogP contribution in [0.2, 0.25) is 0 Å². The van der Waals surface area contributed by atoms with Crippen molar-refractivity contribution in [3.63, 3.8) is 0 Å². The van der Waals surface area contributed by atoms with Crippen molar-refractivity contribution in [3.05, 3.63) is 41.2 Å². The molecule has 0 radical (unpaired) electrons. The molecule has 1 amide bonds. The second-order valence-electron chi connectivity index (χ2n) is 8.32. The molecule has 1 aliphatic rings. The highest BCUT2D eigenvalue weighted by molar-refractivity contribution is 7.93. The van der Waals surface area contributed by atoms with Crippen LogP contribution < -0.4 is 9.62 Å². The first-order valence-electron chi connectivity index (χ1n) is 10.6. The van der Waals surface area contributed by atoms with Crippen LogP contribution in [0.3, 0.4) is 0 Å². The molecule has 1 aromatic carbocycles. The third-order valence-electron chi connectivity index (χ3n) is 5.68. The van der Waals surface area contributed by atoms with Gasteiger partial charge < -0.3 is 10.1 Å². The van der Waals surface area contributed by atoms with Gasteiger partial charge in [-0.05, 0) is 50.3 Å². The number of nitrogens with zero attached hydrogens (tertiary/aromatic N) is 3. The molecule has 0 saturated carbocycles. The zero-order valence-corrected chi connectivity index (χ0v) is 19.7. The van der Waals surface area contributed by atoms with Crippen molar-refractivity contribution in [1.29, 1.82) is 0 Å². The Morgan fingerprint density at radius 2 is 1.97 bits per heavy atom. The molecule has 1 aliphatic heterocycles. The predicted molar refractivity (Wildman–Crippen MR) is 120 cm³/mol. The van der Waals surface area contributed by atoms with E-state index < -0.39 is 10.0 Å². The average molecular weight is 449 g/mol. The van der Waals surface area contributed by atoms with Gasteiger partial charge in [-0.2, -0.15) is 5.10 Å². The first-order chi connectivity index (χ1) is 14.6. The van der Waals surface area contributed by atoms with Crippen LogP contribution in [0.1, 0.15) is 49.6 Å². The van der Waals surface area contributed by atoms with Crippen LogP contribution in [-0.4, -0.2) is 49.9 Å². The highest BCUT2D eigenvalue weighted by Crippen LogP contribution is 2.29. The van der Waals surface area contributed by atoms with Crippen LogP contribution in [-0.2, 0) is 26.6 Å². The van der Waals surface area contributed by atoms with Gasteiger partial charge >= 0.3 is 0 Å². The SMILES string of the molecule is Cc1nn(C)c(C)c1S(=O)(=O)N(CC(=O)NC[C@H]1CCCO1)c1ccc(C(C)C)cc1. The van der Waals surface area contributed by atoms with Crippen molar-refractivity contribution in [2.45, 2.75) is 57.5 Å². The van der Waals surface area contributed by atoms with E-state index >= 15 is 0 Å². The molecule has 1 N–H and O–H groups in total. The van der Waals surface area contributed by atoms with Gasteiger partial charge in [0.1, 0.15) is 11.4 Å². The maximum atomic E-state index is 13.7. The molecule has 0 aliphatic carbocycles. The van der Waals surface area contributed by atoms with Crippen LogP contribution in [0.4, 0.5) is 5.69 Å². The maximum absolute atomic E-state index is 13.7. The van der Waals surface area contributed by atoms with E-state index in [1.807, 2.05) is 12.1 Å². The Morgan fingerprint density at radius 3 is 2.48 bits per heavy atom. The summed E-state index contributed by atoms with van der Waals surface area (Å²) in [6, 6.07) is 7.30. The molecule has 2 heterocycles. The Bertz CT molecular complexity index is 1020. The number of amides is 1. The average Bonchev–Trinajstić information content (AvgIpc) is 3.32. The Hall–Kier alpha value is -2.39. The van der Waals surface area contributed by atoms with Crippen LogP contribution >= 0.6 is 0 Å².